The third-order valence-corrected chi connectivity index (χ3v) is 2.08. The minimum Gasteiger partial charge on any atom is -0.453 e. The van der Waals surface area contributed by atoms with Gasteiger partial charge in [-0.25, -0.2) is 4.79 Å². The molecule has 1 fully saturated rings. The van der Waals surface area contributed by atoms with Crippen LogP contribution in [0.15, 0.2) is 0 Å². The van der Waals surface area contributed by atoms with Crippen LogP contribution in [0.2, 0.25) is 0 Å². The van der Waals surface area contributed by atoms with Gasteiger partial charge in [-0.05, 0) is 0 Å². The Labute approximate surface area is 79.6 Å². The minimum atomic E-state index is -5.56. The molecule has 1 saturated heterocycles. The zero-order valence-electron chi connectivity index (χ0n) is 7.24. The molecule has 1 heterocycles. The Bertz CT molecular complexity index is 268. The molecular formula is C6H5F6NO2. The van der Waals surface area contributed by atoms with E-state index in [0.717, 1.165) is 0 Å². The smallest absolute Gasteiger partial charge is 0.422 e. The summed E-state index contributed by atoms with van der Waals surface area (Å²) in [6, 6.07) is 0. The topological polar surface area (TPSA) is 29.3 Å². The van der Waals surface area contributed by atoms with Crippen LogP contribution in [0.3, 0.4) is 0 Å². The number of alkyl halides is 6. The normalized spacial score (nSPS) is 20.1. The molecule has 0 aromatic heterocycles. The molecule has 1 rings (SSSR count). The van der Waals surface area contributed by atoms with Crippen molar-refractivity contribution in [2.24, 2.45) is 0 Å². The van der Waals surface area contributed by atoms with Gasteiger partial charge in [-0.15, -0.1) is 0 Å². The maximum atomic E-state index is 12.2. The lowest BCUT2D eigenvalue weighted by molar-refractivity contribution is -0.274. The fraction of sp³-hybridized carbons (Fsp3) is 0.833. The highest BCUT2D eigenvalue weighted by molar-refractivity contribution is 5.73. The van der Waals surface area contributed by atoms with Crippen LogP contribution in [0.5, 0.6) is 0 Å². The van der Waals surface area contributed by atoms with E-state index in [0.29, 0.717) is 7.11 Å². The van der Waals surface area contributed by atoms with Crippen LogP contribution in [0, 0.1) is 0 Å². The molecule has 0 N–H and O–H groups in total. The van der Waals surface area contributed by atoms with Crippen LogP contribution in [-0.2, 0) is 4.74 Å². The number of carbonyl (C=O) groups is 1. The van der Waals surface area contributed by atoms with Gasteiger partial charge in [0.15, 0.2) is 0 Å². The van der Waals surface area contributed by atoms with Crippen LogP contribution < -0.4 is 0 Å². The van der Waals surface area contributed by atoms with E-state index < -0.39 is 35.4 Å². The lowest BCUT2D eigenvalue weighted by Gasteiger charge is -2.22. The Hall–Kier alpha value is -1.15. The molecule has 0 radical (unpaired) electrons. The molecule has 0 bridgehead atoms. The van der Waals surface area contributed by atoms with Gasteiger partial charge in [-0.2, -0.15) is 26.3 Å². The average Bonchev–Trinajstić information content (AvgIpc) is 2.75. The molecule has 0 aliphatic carbocycles. The summed E-state index contributed by atoms with van der Waals surface area (Å²) in [7, 11) is 0.707. The molecule has 0 aromatic carbocycles. The lowest BCUT2D eigenvalue weighted by Crippen LogP contribution is -2.50. The van der Waals surface area contributed by atoms with Gasteiger partial charge in [-0.1, -0.05) is 0 Å². The van der Waals surface area contributed by atoms with Crippen molar-refractivity contribution in [3.05, 3.63) is 0 Å². The lowest BCUT2D eigenvalue weighted by atomic mass is 10.1. The molecule has 1 aliphatic heterocycles. The maximum absolute atomic E-state index is 12.2. The minimum absolute atomic E-state index is 0.410. The van der Waals surface area contributed by atoms with E-state index in [1.54, 1.807) is 0 Å². The Balaban J connectivity index is 3.02. The van der Waals surface area contributed by atoms with E-state index in [2.05, 4.69) is 4.74 Å². The molecule has 0 atom stereocenters. The molecule has 1 aliphatic rings. The summed E-state index contributed by atoms with van der Waals surface area (Å²) in [5, 5.41) is 0. The van der Waals surface area contributed by atoms with Crippen molar-refractivity contribution in [2.45, 2.75) is 17.9 Å². The van der Waals surface area contributed by atoms with Crippen molar-refractivity contribution < 1.29 is 35.9 Å². The van der Waals surface area contributed by atoms with E-state index in [1.165, 1.54) is 0 Å². The van der Waals surface area contributed by atoms with E-state index in [1.807, 2.05) is 0 Å². The molecule has 0 spiro atoms. The summed E-state index contributed by atoms with van der Waals surface area (Å²) in [6.07, 6.45) is -12.8. The summed E-state index contributed by atoms with van der Waals surface area (Å²) >= 11 is 0. The number of nitrogens with zero attached hydrogens (tertiary/aromatic N) is 1. The van der Waals surface area contributed by atoms with Gasteiger partial charge in [0.2, 0.25) is 0 Å². The van der Waals surface area contributed by atoms with Crippen LogP contribution in [0.25, 0.3) is 0 Å². The van der Waals surface area contributed by atoms with Crippen molar-refractivity contribution in [2.75, 3.05) is 13.7 Å². The number of amides is 1. The fourth-order valence-corrected chi connectivity index (χ4v) is 1.17. The molecule has 0 aromatic rings. The number of methoxy groups -OCH3 is 1. The van der Waals surface area contributed by atoms with E-state index in [9.17, 15) is 31.1 Å². The second kappa shape index (κ2) is 2.92. The number of hydrogen-bond acceptors (Lipinski definition) is 2. The number of halogens is 6. The Morgan fingerprint density at radius 3 is 1.80 bits per heavy atom. The summed E-state index contributed by atoms with van der Waals surface area (Å²) in [6.45, 7) is -1.45. The molecule has 15 heavy (non-hydrogen) atoms. The predicted molar refractivity (Wildman–Crippen MR) is 34.0 cm³/mol. The zero-order valence-corrected chi connectivity index (χ0v) is 7.24. The third-order valence-electron chi connectivity index (χ3n) is 2.08. The summed E-state index contributed by atoms with van der Waals surface area (Å²) in [5.74, 6) is 0. The molecule has 3 nitrogen and oxygen atoms in total. The first kappa shape index (κ1) is 11.9. The number of rotatable bonds is 0. The first-order chi connectivity index (χ1) is 6.58. The van der Waals surface area contributed by atoms with Crippen molar-refractivity contribution in [1.29, 1.82) is 0 Å². The molecule has 0 saturated carbocycles. The van der Waals surface area contributed by atoms with Gasteiger partial charge in [0, 0.05) is 0 Å². The summed E-state index contributed by atoms with van der Waals surface area (Å²) < 4.78 is 76.8. The van der Waals surface area contributed by atoms with E-state index in [4.69, 9.17) is 0 Å². The molecule has 0 unspecified atom stereocenters. The SMILES string of the molecule is COC(=O)N1CC1(C(F)(F)F)C(F)(F)F. The van der Waals surface area contributed by atoms with Gasteiger partial charge >= 0.3 is 18.4 Å². The second-order valence-corrected chi connectivity index (χ2v) is 2.91. The van der Waals surface area contributed by atoms with Crippen molar-refractivity contribution in [3.8, 4) is 0 Å². The van der Waals surface area contributed by atoms with Crippen LogP contribution in [0.1, 0.15) is 0 Å². The Kier molecular flexibility index (Phi) is 2.32. The highest BCUT2D eigenvalue weighted by atomic mass is 19.4. The largest absolute Gasteiger partial charge is 0.453 e. The number of ether oxygens (including phenoxy) is 1. The maximum Gasteiger partial charge on any atom is 0.422 e. The van der Waals surface area contributed by atoms with Crippen molar-refractivity contribution in [1.82, 2.24) is 4.90 Å². The molecular weight excluding hydrogens is 232 g/mol. The quantitative estimate of drug-likeness (QED) is 0.476. The highest BCUT2D eigenvalue weighted by Crippen LogP contribution is 2.56. The van der Waals surface area contributed by atoms with Gasteiger partial charge < -0.3 is 4.74 Å². The molecule has 1 amide bonds. The third kappa shape index (κ3) is 1.49. The predicted octanol–water partition coefficient (Wildman–Crippen LogP) is 1.93. The van der Waals surface area contributed by atoms with Gasteiger partial charge in [0.05, 0.1) is 13.7 Å². The Morgan fingerprint density at radius 1 is 1.20 bits per heavy atom. The Morgan fingerprint density at radius 2 is 1.60 bits per heavy atom. The van der Waals surface area contributed by atoms with Crippen molar-refractivity contribution >= 4 is 6.09 Å². The van der Waals surface area contributed by atoms with Crippen LogP contribution >= 0.6 is 0 Å². The summed E-state index contributed by atoms with van der Waals surface area (Å²) in [5.41, 5.74) is -4.08. The zero-order chi connectivity index (χ0) is 12.1. The average molecular weight is 237 g/mol. The van der Waals surface area contributed by atoms with Gasteiger partial charge in [0.1, 0.15) is 0 Å². The first-order valence-electron chi connectivity index (χ1n) is 3.57. The van der Waals surface area contributed by atoms with Gasteiger partial charge in [0.25, 0.3) is 5.54 Å². The standard InChI is InChI=1S/C6H5F6NO2/c1-15-3(14)13-2-4(13,5(7,8)9)6(10,11)12/h2H2,1H3. The summed E-state index contributed by atoms with van der Waals surface area (Å²) in [4.78, 5) is 10.2. The monoisotopic (exact) mass is 237 g/mol. The number of hydrogen-bond donors (Lipinski definition) is 0. The van der Waals surface area contributed by atoms with Crippen LogP contribution in [0.4, 0.5) is 31.1 Å². The first-order valence-corrected chi connectivity index (χ1v) is 3.57. The number of carbonyl (C=O) groups excluding carboxylic acids is 1. The van der Waals surface area contributed by atoms with Crippen LogP contribution in [-0.4, -0.2) is 42.5 Å². The molecule has 88 valence electrons. The second-order valence-electron chi connectivity index (χ2n) is 2.91. The van der Waals surface area contributed by atoms with E-state index >= 15 is 0 Å². The van der Waals surface area contributed by atoms with E-state index in [-0.39, 0.29) is 0 Å². The van der Waals surface area contributed by atoms with Gasteiger partial charge in [-0.3, -0.25) is 4.90 Å². The fourth-order valence-electron chi connectivity index (χ4n) is 1.17. The highest BCUT2D eigenvalue weighted by Gasteiger charge is 2.85. The molecule has 9 heteroatoms. The van der Waals surface area contributed by atoms with Crippen molar-refractivity contribution in [3.63, 3.8) is 0 Å².